The lowest BCUT2D eigenvalue weighted by Gasteiger charge is -2.12. The number of ether oxygens (including phenoxy) is 1. The average Bonchev–Trinajstić information content (AvgIpc) is 2.81. The van der Waals surface area contributed by atoms with Gasteiger partial charge in [0.2, 0.25) is 17.6 Å². The first-order valence-electron chi connectivity index (χ1n) is 5.83. The molecule has 1 atom stereocenters. The minimum atomic E-state index is -0.512. The molecule has 1 amide bonds. The lowest BCUT2D eigenvalue weighted by atomic mass is 10.2. The normalized spacial score (nSPS) is 17.9. The van der Waals surface area contributed by atoms with Gasteiger partial charge in [-0.3, -0.25) is 14.9 Å². The van der Waals surface area contributed by atoms with Gasteiger partial charge in [0.05, 0.1) is 12.0 Å². The number of carbonyl (C=O) groups is 1. The van der Waals surface area contributed by atoms with E-state index in [4.69, 9.17) is 4.74 Å². The summed E-state index contributed by atoms with van der Waals surface area (Å²) in [5.41, 5.74) is -0.120. The van der Waals surface area contributed by atoms with E-state index in [1.807, 2.05) is 0 Å². The van der Waals surface area contributed by atoms with E-state index < -0.39 is 4.92 Å². The zero-order valence-corrected chi connectivity index (χ0v) is 10.4. The molecule has 0 saturated carbocycles. The molecule has 0 radical (unpaired) electrons. The third-order valence-corrected chi connectivity index (χ3v) is 2.86. The van der Waals surface area contributed by atoms with E-state index in [1.54, 1.807) is 0 Å². The Labute approximate surface area is 109 Å². The minimum absolute atomic E-state index is 0.0000915. The number of carbonyl (C=O) groups excluding carboxylic acids is 1. The van der Waals surface area contributed by atoms with Crippen molar-refractivity contribution in [2.24, 2.45) is 0 Å². The molecule has 1 aliphatic rings. The fourth-order valence-electron chi connectivity index (χ4n) is 1.88. The van der Waals surface area contributed by atoms with Gasteiger partial charge in [0.25, 0.3) is 0 Å². The van der Waals surface area contributed by atoms with Crippen molar-refractivity contribution in [1.82, 2.24) is 10.3 Å². The van der Waals surface area contributed by atoms with Gasteiger partial charge in [0, 0.05) is 31.1 Å². The first-order chi connectivity index (χ1) is 9.10. The Morgan fingerprint density at radius 1 is 1.63 bits per heavy atom. The number of nitrogens with one attached hydrogen (secondary N) is 2. The van der Waals surface area contributed by atoms with E-state index in [2.05, 4.69) is 15.6 Å². The number of rotatable bonds is 5. The smallest absolute Gasteiger partial charge is 0.311 e. The molecule has 1 unspecified atom stereocenters. The third-order valence-electron chi connectivity index (χ3n) is 2.86. The fourth-order valence-corrected chi connectivity index (χ4v) is 1.88. The van der Waals surface area contributed by atoms with Crippen LogP contribution < -0.4 is 15.4 Å². The number of amides is 1. The number of methoxy groups -OCH3 is 1. The molecule has 1 aromatic heterocycles. The second-order valence-electron chi connectivity index (χ2n) is 4.16. The lowest BCUT2D eigenvalue weighted by Crippen LogP contribution is -2.32. The zero-order chi connectivity index (χ0) is 13.8. The predicted molar refractivity (Wildman–Crippen MR) is 67.1 cm³/mol. The molecule has 0 spiro atoms. The van der Waals surface area contributed by atoms with Gasteiger partial charge < -0.3 is 15.4 Å². The van der Waals surface area contributed by atoms with Crippen molar-refractivity contribution in [3.63, 3.8) is 0 Å². The topological polar surface area (TPSA) is 106 Å². The molecule has 1 aromatic rings. The molecule has 19 heavy (non-hydrogen) atoms. The maximum Gasteiger partial charge on any atom is 0.311 e. The van der Waals surface area contributed by atoms with Crippen molar-refractivity contribution < 1.29 is 14.5 Å². The molecule has 1 saturated heterocycles. The molecule has 8 nitrogen and oxygen atoms in total. The molecule has 2 N–H and O–H groups in total. The maximum atomic E-state index is 11.1. The Balaban J connectivity index is 2.08. The first kappa shape index (κ1) is 13.1. The summed E-state index contributed by atoms with van der Waals surface area (Å²) in [6.07, 6.45) is 1.20. The second kappa shape index (κ2) is 5.51. The van der Waals surface area contributed by atoms with E-state index in [1.165, 1.54) is 19.2 Å². The number of nitro groups is 1. The zero-order valence-electron chi connectivity index (χ0n) is 10.4. The van der Waals surface area contributed by atoms with E-state index in [9.17, 15) is 14.9 Å². The second-order valence-corrected chi connectivity index (χ2v) is 4.16. The molecule has 2 heterocycles. The van der Waals surface area contributed by atoms with Crippen molar-refractivity contribution in [2.45, 2.75) is 18.9 Å². The quantitative estimate of drug-likeness (QED) is 0.599. The third kappa shape index (κ3) is 3.09. The average molecular weight is 266 g/mol. The van der Waals surface area contributed by atoms with Gasteiger partial charge in [0.15, 0.2) is 0 Å². The number of aromatic nitrogens is 1. The molecule has 8 heteroatoms. The van der Waals surface area contributed by atoms with Crippen LogP contribution in [0.4, 0.5) is 11.5 Å². The van der Waals surface area contributed by atoms with Crippen molar-refractivity contribution >= 4 is 17.4 Å². The highest BCUT2D eigenvalue weighted by Gasteiger charge is 2.22. The Kier molecular flexibility index (Phi) is 3.79. The summed E-state index contributed by atoms with van der Waals surface area (Å²) in [5.74, 6) is 0.439. The van der Waals surface area contributed by atoms with Crippen LogP contribution in [0.5, 0.6) is 5.88 Å². The van der Waals surface area contributed by atoms with Crippen LogP contribution in [0.15, 0.2) is 12.1 Å². The van der Waals surface area contributed by atoms with Crippen molar-refractivity contribution in [1.29, 1.82) is 0 Å². The lowest BCUT2D eigenvalue weighted by molar-refractivity contribution is -0.384. The van der Waals surface area contributed by atoms with Crippen LogP contribution in [0.25, 0.3) is 0 Å². The molecule has 0 bridgehead atoms. The number of hydrogen-bond acceptors (Lipinski definition) is 6. The number of nitrogens with zero attached hydrogens (tertiary/aromatic N) is 2. The van der Waals surface area contributed by atoms with Gasteiger partial charge in [-0.05, 0) is 6.42 Å². The van der Waals surface area contributed by atoms with Gasteiger partial charge in [-0.25, -0.2) is 0 Å². The Morgan fingerprint density at radius 2 is 2.42 bits per heavy atom. The fraction of sp³-hybridized carbons (Fsp3) is 0.455. The van der Waals surface area contributed by atoms with Gasteiger partial charge in [-0.2, -0.15) is 4.98 Å². The standard InChI is InChI=1S/C11H14N4O4/c1-19-10-5-3-8(15(17)18)11(14-10)12-6-7-2-4-9(16)13-7/h3,5,7H,2,4,6H2,1H3,(H,12,14)(H,13,16). The summed E-state index contributed by atoms with van der Waals surface area (Å²) in [6, 6.07) is 2.74. The molecular formula is C11H14N4O4. The highest BCUT2D eigenvalue weighted by Crippen LogP contribution is 2.25. The van der Waals surface area contributed by atoms with Gasteiger partial charge in [0.1, 0.15) is 0 Å². The summed E-state index contributed by atoms with van der Waals surface area (Å²) in [4.78, 5) is 25.4. The summed E-state index contributed by atoms with van der Waals surface area (Å²) < 4.78 is 4.94. The number of pyridine rings is 1. The monoisotopic (exact) mass is 266 g/mol. The van der Waals surface area contributed by atoms with Crippen LogP contribution >= 0.6 is 0 Å². The maximum absolute atomic E-state index is 11.1. The highest BCUT2D eigenvalue weighted by molar-refractivity contribution is 5.78. The van der Waals surface area contributed by atoms with Crippen LogP contribution in [-0.2, 0) is 4.79 Å². The molecule has 102 valence electrons. The van der Waals surface area contributed by atoms with E-state index in [-0.39, 0.29) is 23.5 Å². The largest absolute Gasteiger partial charge is 0.481 e. The Bertz CT molecular complexity index is 505. The van der Waals surface area contributed by atoms with Crippen LogP contribution in [0.3, 0.4) is 0 Å². The first-order valence-corrected chi connectivity index (χ1v) is 5.83. The Morgan fingerprint density at radius 3 is 3.00 bits per heavy atom. The molecular weight excluding hydrogens is 252 g/mol. The van der Waals surface area contributed by atoms with Crippen LogP contribution in [0, 0.1) is 10.1 Å². The van der Waals surface area contributed by atoms with Crippen molar-refractivity contribution in [3.05, 3.63) is 22.2 Å². The number of hydrogen-bond donors (Lipinski definition) is 2. The van der Waals surface area contributed by atoms with Crippen LogP contribution in [0.2, 0.25) is 0 Å². The van der Waals surface area contributed by atoms with Crippen LogP contribution in [-0.4, -0.2) is 35.5 Å². The molecule has 0 aliphatic carbocycles. The molecule has 1 aliphatic heterocycles. The summed E-state index contributed by atoms with van der Waals surface area (Å²) in [7, 11) is 1.44. The van der Waals surface area contributed by atoms with Crippen molar-refractivity contribution in [3.8, 4) is 5.88 Å². The number of anilines is 1. The Hall–Kier alpha value is -2.38. The SMILES string of the molecule is COc1ccc([N+](=O)[O-])c(NCC2CCC(=O)N2)n1. The van der Waals surface area contributed by atoms with Crippen molar-refractivity contribution in [2.75, 3.05) is 19.0 Å². The summed E-state index contributed by atoms with van der Waals surface area (Å²) >= 11 is 0. The van der Waals surface area contributed by atoms with Gasteiger partial charge >= 0.3 is 5.69 Å². The van der Waals surface area contributed by atoms with E-state index >= 15 is 0 Å². The van der Waals surface area contributed by atoms with Gasteiger partial charge in [-0.15, -0.1) is 0 Å². The van der Waals surface area contributed by atoms with E-state index in [0.717, 1.165) is 0 Å². The van der Waals surface area contributed by atoms with Gasteiger partial charge in [-0.1, -0.05) is 0 Å². The van der Waals surface area contributed by atoms with E-state index in [0.29, 0.717) is 25.3 Å². The van der Waals surface area contributed by atoms with Crippen LogP contribution in [0.1, 0.15) is 12.8 Å². The predicted octanol–water partition coefficient (Wildman–Crippen LogP) is 0.689. The molecule has 2 rings (SSSR count). The molecule has 0 aromatic carbocycles. The highest BCUT2D eigenvalue weighted by atomic mass is 16.6. The summed E-state index contributed by atoms with van der Waals surface area (Å²) in [5, 5.41) is 16.5. The molecule has 1 fully saturated rings. The summed E-state index contributed by atoms with van der Waals surface area (Å²) in [6.45, 7) is 0.396. The minimum Gasteiger partial charge on any atom is -0.481 e.